The fourth-order valence-electron chi connectivity index (χ4n) is 3.67. The third-order valence-corrected chi connectivity index (χ3v) is 6.21. The zero-order valence-electron chi connectivity index (χ0n) is 14.9. The van der Waals surface area contributed by atoms with Gasteiger partial charge in [0.05, 0.1) is 34.9 Å². The van der Waals surface area contributed by atoms with Crippen LogP contribution in [0.25, 0.3) is 0 Å². The number of fused-ring (bicyclic) bond motifs is 1. The highest BCUT2D eigenvalue weighted by molar-refractivity contribution is 8.03. The molecule has 0 N–H and O–H groups in total. The van der Waals surface area contributed by atoms with Gasteiger partial charge in [-0.2, -0.15) is 5.26 Å². The number of nitrogens with zero attached hydrogens (tertiary/aromatic N) is 3. The number of thioether (sulfide) groups is 1. The largest absolute Gasteiger partial charge is 0.341 e. The molecule has 6 heteroatoms. The van der Waals surface area contributed by atoms with Crippen molar-refractivity contribution in [2.45, 2.75) is 19.3 Å². The van der Waals surface area contributed by atoms with Crippen molar-refractivity contribution in [1.82, 2.24) is 4.90 Å². The number of allylic oxidation sites excluding steroid dienone is 1. The van der Waals surface area contributed by atoms with Crippen molar-refractivity contribution in [3.05, 3.63) is 76.1 Å². The Morgan fingerprint density at radius 3 is 2.67 bits per heavy atom. The van der Waals surface area contributed by atoms with Crippen LogP contribution in [0.1, 0.15) is 23.5 Å². The van der Waals surface area contributed by atoms with Gasteiger partial charge in [0.1, 0.15) is 5.82 Å². The molecule has 1 amide bonds. The second-order valence-electron chi connectivity index (χ2n) is 6.67. The third kappa shape index (κ3) is 3.08. The molecule has 0 bridgehead atoms. The molecule has 4 rings (SSSR count). The number of hydrogen-bond acceptors (Lipinski definition) is 4. The van der Waals surface area contributed by atoms with Crippen molar-refractivity contribution in [3.63, 3.8) is 0 Å². The number of carbonyl (C=O) groups excluding carboxylic acids is 1. The summed E-state index contributed by atoms with van der Waals surface area (Å²) in [5, 5.41) is 10.5. The molecule has 0 aromatic heterocycles. The van der Waals surface area contributed by atoms with Gasteiger partial charge < -0.3 is 4.90 Å². The van der Waals surface area contributed by atoms with E-state index >= 15 is 0 Å². The van der Waals surface area contributed by atoms with Crippen molar-refractivity contribution in [2.75, 3.05) is 17.4 Å². The number of benzene rings is 2. The molecule has 1 atom stereocenters. The van der Waals surface area contributed by atoms with Gasteiger partial charge in [0.25, 0.3) is 0 Å². The molecular formula is C21H18FN3OS. The average molecular weight is 379 g/mol. The minimum atomic E-state index is -0.312. The van der Waals surface area contributed by atoms with Crippen molar-refractivity contribution < 1.29 is 9.18 Å². The maximum Gasteiger partial charge on any atom is 0.229 e. The normalized spacial score (nSPS) is 19.7. The van der Waals surface area contributed by atoms with Crippen molar-refractivity contribution in [1.29, 1.82) is 5.26 Å². The van der Waals surface area contributed by atoms with E-state index in [0.717, 1.165) is 11.1 Å². The predicted molar refractivity (Wildman–Crippen MR) is 104 cm³/mol. The number of nitriles is 1. The Labute approximate surface area is 161 Å². The van der Waals surface area contributed by atoms with Gasteiger partial charge in [-0.1, -0.05) is 48.2 Å². The van der Waals surface area contributed by atoms with Crippen LogP contribution in [0.5, 0.6) is 0 Å². The topological polar surface area (TPSA) is 47.3 Å². The van der Waals surface area contributed by atoms with Crippen LogP contribution in [0.2, 0.25) is 0 Å². The molecule has 136 valence electrons. The Balaban J connectivity index is 1.70. The minimum absolute atomic E-state index is 0.0363. The Hall–Kier alpha value is -2.78. The molecule has 1 saturated heterocycles. The zero-order chi connectivity index (χ0) is 19.0. The predicted octanol–water partition coefficient (Wildman–Crippen LogP) is 4.35. The maximum atomic E-state index is 14.1. The third-order valence-electron chi connectivity index (χ3n) is 5.05. The monoisotopic (exact) mass is 379 g/mol. The molecule has 0 aliphatic carbocycles. The lowest BCUT2D eigenvalue weighted by molar-refractivity contribution is -0.129. The summed E-state index contributed by atoms with van der Waals surface area (Å²) >= 11 is 1.42. The van der Waals surface area contributed by atoms with Gasteiger partial charge in [-0.25, -0.2) is 4.39 Å². The number of hydrogen-bond donors (Lipinski definition) is 0. The number of rotatable bonds is 2. The molecule has 27 heavy (non-hydrogen) atoms. The highest BCUT2D eigenvalue weighted by Crippen LogP contribution is 2.44. The van der Waals surface area contributed by atoms with Crippen LogP contribution in [0, 0.1) is 24.1 Å². The van der Waals surface area contributed by atoms with E-state index < -0.39 is 0 Å². The lowest BCUT2D eigenvalue weighted by Gasteiger charge is -2.42. The zero-order valence-corrected chi connectivity index (χ0v) is 15.7. The SMILES string of the molecule is Cc1ccccc1C1CC(=O)N2CN(c3ccccc3F)CSC2=C1C#N. The lowest BCUT2D eigenvalue weighted by atomic mass is 9.84. The molecule has 0 radical (unpaired) electrons. The maximum absolute atomic E-state index is 14.1. The van der Waals surface area contributed by atoms with Crippen LogP contribution in [0.4, 0.5) is 10.1 Å². The summed E-state index contributed by atoms with van der Waals surface area (Å²) in [6.45, 7) is 2.26. The molecule has 1 fully saturated rings. The van der Waals surface area contributed by atoms with Crippen molar-refractivity contribution in [2.24, 2.45) is 0 Å². The first kappa shape index (κ1) is 17.6. The van der Waals surface area contributed by atoms with Gasteiger partial charge in [-0.3, -0.25) is 9.69 Å². The molecule has 0 spiro atoms. The lowest BCUT2D eigenvalue weighted by Crippen LogP contribution is -2.47. The fourth-order valence-corrected chi connectivity index (χ4v) is 4.82. The first-order valence-electron chi connectivity index (χ1n) is 8.72. The van der Waals surface area contributed by atoms with Crippen molar-refractivity contribution >= 4 is 23.4 Å². The summed E-state index contributed by atoms with van der Waals surface area (Å²) in [5.41, 5.74) is 3.19. The average Bonchev–Trinajstić information content (AvgIpc) is 2.68. The number of halogens is 1. The number of amides is 1. The summed E-state index contributed by atoms with van der Waals surface area (Å²) in [6, 6.07) is 16.8. The van der Waals surface area contributed by atoms with Gasteiger partial charge in [-0.15, -0.1) is 0 Å². The van der Waals surface area contributed by atoms with E-state index in [4.69, 9.17) is 0 Å². The van der Waals surface area contributed by atoms with E-state index in [9.17, 15) is 14.4 Å². The van der Waals surface area contributed by atoms with Crippen LogP contribution >= 0.6 is 11.8 Å². The highest BCUT2D eigenvalue weighted by Gasteiger charge is 2.39. The molecular weight excluding hydrogens is 361 g/mol. The first-order valence-corrected chi connectivity index (χ1v) is 9.71. The van der Waals surface area contributed by atoms with Crippen LogP contribution < -0.4 is 4.90 Å². The van der Waals surface area contributed by atoms with Crippen LogP contribution in [-0.2, 0) is 4.79 Å². The van der Waals surface area contributed by atoms with Crippen LogP contribution in [-0.4, -0.2) is 23.4 Å². The minimum Gasteiger partial charge on any atom is -0.341 e. The van der Waals surface area contributed by atoms with E-state index in [2.05, 4.69) is 6.07 Å². The Morgan fingerprint density at radius 1 is 1.19 bits per heavy atom. The Bertz CT molecular complexity index is 981. The fraction of sp³-hybridized carbons (Fsp3) is 0.238. The molecule has 2 aliphatic heterocycles. The Kier molecular flexibility index (Phi) is 4.63. The molecule has 2 aliphatic rings. The Morgan fingerprint density at radius 2 is 1.93 bits per heavy atom. The van der Waals surface area contributed by atoms with Crippen LogP contribution in [0.15, 0.2) is 59.1 Å². The standard InChI is InChI=1S/C21H18FN3OS/c1-14-6-2-3-7-15(14)16-10-20(26)25-12-24(13-27-21(25)17(16)11-23)19-9-5-4-8-18(19)22/h2-9,16H,10,12-13H2,1H3. The number of para-hydroxylation sites is 1. The summed E-state index contributed by atoms with van der Waals surface area (Å²) in [5.74, 6) is -0.0762. The summed E-state index contributed by atoms with van der Waals surface area (Å²) in [4.78, 5) is 16.3. The van der Waals surface area contributed by atoms with Crippen LogP contribution in [0.3, 0.4) is 0 Å². The van der Waals surface area contributed by atoms with Gasteiger partial charge in [0.15, 0.2) is 0 Å². The van der Waals surface area contributed by atoms with Gasteiger partial charge in [0.2, 0.25) is 5.91 Å². The summed E-state index contributed by atoms with van der Waals surface area (Å²) < 4.78 is 14.1. The quantitative estimate of drug-likeness (QED) is 0.778. The smallest absolute Gasteiger partial charge is 0.229 e. The second kappa shape index (κ2) is 7.09. The van der Waals surface area contributed by atoms with E-state index in [0.29, 0.717) is 22.2 Å². The van der Waals surface area contributed by atoms with Crippen molar-refractivity contribution in [3.8, 4) is 6.07 Å². The second-order valence-corrected chi connectivity index (χ2v) is 7.61. The number of aryl methyl sites for hydroxylation is 1. The molecule has 2 heterocycles. The molecule has 0 saturated carbocycles. The van der Waals surface area contributed by atoms with E-state index in [1.165, 1.54) is 17.8 Å². The van der Waals surface area contributed by atoms with E-state index in [1.54, 1.807) is 23.1 Å². The molecule has 4 nitrogen and oxygen atoms in total. The number of anilines is 1. The first-order chi connectivity index (χ1) is 13.1. The van der Waals surface area contributed by atoms with E-state index in [1.807, 2.05) is 36.1 Å². The molecule has 2 aromatic carbocycles. The summed E-state index contributed by atoms with van der Waals surface area (Å²) in [6.07, 6.45) is 0.253. The number of carbonyl (C=O) groups is 1. The molecule has 2 aromatic rings. The van der Waals surface area contributed by atoms with Gasteiger partial charge in [-0.05, 0) is 30.2 Å². The molecule has 1 unspecified atom stereocenters. The summed E-state index contributed by atoms with van der Waals surface area (Å²) in [7, 11) is 0. The van der Waals surface area contributed by atoms with Gasteiger partial charge >= 0.3 is 0 Å². The van der Waals surface area contributed by atoms with Gasteiger partial charge in [0, 0.05) is 12.3 Å². The highest BCUT2D eigenvalue weighted by atomic mass is 32.2. The van der Waals surface area contributed by atoms with E-state index in [-0.39, 0.29) is 30.7 Å².